The first-order valence-corrected chi connectivity index (χ1v) is 9.81. The maximum atomic E-state index is 13.1. The van der Waals surface area contributed by atoms with Gasteiger partial charge in [-0.3, -0.25) is 14.4 Å². The molecule has 5 nitrogen and oxygen atoms in total. The molecule has 1 unspecified atom stereocenters. The number of benzene rings is 2. The number of hydrogen-bond acceptors (Lipinski definition) is 3. The van der Waals surface area contributed by atoms with Gasteiger partial charge in [0.15, 0.2) is 5.11 Å². The van der Waals surface area contributed by atoms with Gasteiger partial charge in [-0.05, 0) is 41.4 Å². The van der Waals surface area contributed by atoms with Crippen molar-refractivity contribution in [2.75, 3.05) is 4.90 Å². The molecule has 1 atom stereocenters. The summed E-state index contributed by atoms with van der Waals surface area (Å²) >= 11 is 5.68. The van der Waals surface area contributed by atoms with Crippen LogP contribution in [0.5, 0.6) is 0 Å². The number of fused-ring (bicyclic) bond motifs is 2. The van der Waals surface area contributed by atoms with Crippen LogP contribution in [0.1, 0.15) is 22.3 Å². The van der Waals surface area contributed by atoms with E-state index in [9.17, 15) is 4.79 Å². The van der Waals surface area contributed by atoms with Crippen LogP contribution in [-0.2, 0) is 24.3 Å². The van der Waals surface area contributed by atoms with Crippen molar-refractivity contribution < 1.29 is 4.79 Å². The number of aryl methyl sites for hydroxylation is 1. The fourth-order valence-electron chi connectivity index (χ4n) is 4.07. The zero-order valence-electron chi connectivity index (χ0n) is 15.6. The SMILES string of the molecule is Cc1ccccc1Cn1cc(N2C(=O)C3Cc4ccccc4CN3C2=S)cn1. The Morgan fingerprint density at radius 2 is 1.86 bits per heavy atom. The van der Waals surface area contributed by atoms with Crippen LogP contribution >= 0.6 is 12.2 Å². The Morgan fingerprint density at radius 1 is 1.11 bits per heavy atom. The molecule has 6 heteroatoms. The summed E-state index contributed by atoms with van der Waals surface area (Å²) in [7, 11) is 0. The van der Waals surface area contributed by atoms with Gasteiger partial charge in [-0.1, -0.05) is 48.5 Å². The molecule has 1 aromatic heterocycles. The Hall–Kier alpha value is -2.99. The van der Waals surface area contributed by atoms with Gasteiger partial charge in [-0.25, -0.2) is 0 Å². The van der Waals surface area contributed by atoms with Crippen LogP contribution in [0, 0.1) is 6.92 Å². The number of nitrogens with zero attached hydrogens (tertiary/aromatic N) is 4. The van der Waals surface area contributed by atoms with Crippen molar-refractivity contribution in [3.05, 3.63) is 83.2 Å². The Labute approximate surface area is 169 Å². The third-order valence-electron chi connectivity index (χ3n) is 5.66. The highest BCUT2D eigenvalue weighted by molar-refractivity contribution is 7.80. The summed E-state index contributed by atoms with van der Waals surface area (Å²) in [6, 6.07) is 16.3. The third kappa shape index (κ3) is 2.72. The highest BCUT2D eigenvalue weighted by Crippen LogP contribution is 2.32. The number of anilines is 1. The lowest BCUT2D eigenvalue weighted by Crippen LogP contribution is -2.39. The first-order valence-electron chi connectivity index (χ1n) is 9.40. The van der Waals surface area contributed by atoms with Crippen molar-refractivity contribution in [2.24, 2.45) is 0 Å². The summed E-state index contributed by atoms with van der Waals surface area (Å²) in [5.74, 6) is 0.0370. The first-order chi connectivity index (χ1) is 13.6. The van der Waals surface area contributed by atoms with Crippen LogP contribution in [0.2, 0.25) is 0 Å². The standard InChI is InChI=1S/C22H20N4OS/c1-15-6-2-3-8-17(15)12-24-14-19(11-23-24)26-21(27)20-10-16-7-4-5-9-18(16)13-25(20)22(26)28/h2-9,11,14,20H,10,12-13H2,1H3. The largest absolute Gasteiger partial charge is 0.332 e. The Kier molecular flexibility index (Phi) is 4.02. The monoisotopic (exact) mass is 388 g/mol. The molecule has 140 valence electrons. The number of amides is 1. The fraction of sp³-hybridized carbons (Fsp3) is 0.227. The van der Waals surface area contributed by atoms with Crippen molar-refractivity contribution >= 4 is 28.9 Å². The van der Waals surface area contributed by atoms with Crippen LogP contribution in [0.3, 0.4) is 0 Å². The molecule has 1 fully saturated rings. The molecule has 3 heterocycles. The van der Waals surface area contributed by atoms with Gasteiger partial charge in [0.2, 0.25) is 0 Å². The normalized spacial score (nSPS) is 18.4. The van der Waals surface area contributed by atoms with Crippen molar-refractivity contribution in [1.82, 2.24) is 14.7 Å². The van der Waals surface area contributed by atoms with Gasteiger partial charge in [-0.2, -0.15) is 5.10 Å². The van der Waals surface area contributed by atoms with Crippen molar-refractivity contribution in [3.63, 3.8) is 0 Å². The van der Waals surface area contributed by atoms with Crippen LogP contribution in [0.25, 0.3) is 0 Å². The van der Waals surface area contributed by atoms with E-state index < -0.39 is 0 Å². The molecular formula is C22H20N4OS. The molecule has 3 aromatic rings. The molecule has 0 bridgehead atoms. The first kappa shape index (κ1) is 17.1. The molecule has 2 aliphatic rings. The molecule has 2 aromatic carbocycles. The predicted molar refractivity (Wildman–Crippen MR) is 112 cm³/mol. The Morgan fingerprint density at radius 3 is 2.68 bits per heavy atom. The number of rotatable bonds is 3. The quantitative estimate of drug-likeness (QED) is 0.646. The molecular weight excluding hydrogens is 368 g/mol. The van der Waals surface area contributed by atoms with E-state index in [1.807, 2.05) is 40.0 Å². The van der Waals surface area contributed by atoms with E-state index in [-0.39, 0.29) is 11.9 Å². The lowest BCUT2D eigenvalue weighted by molar-refractivity contribution is -0.119. The molecule has 5 rings (SSSR count). The van der Waals surface area contributed by atoms with Crippen LogP contribution < -0.4 is 4.90 Å². The van der Waals surface area contributed by atoms with Gasteiger partial charge in [0.05, 0.1) is 18.4 Å². The summed E-state index contributed by atoms with van der Waals surface area (Å²) < 4.78 is 1.86. The number of thiocarbonyl (C=S) groups is 1. The maximum Gasteiger partial charge on any atom is 0.256 e. The van der Waals surface area contributed by atoms with Crippen molar-refractivity contribution in [3.8, 4) is 0 Å². The topological polar surface area (TPSA) is 41.4 Å². The zero-order chi connectivity index (χ0) is 19.3. The lowest BCUT2D eigenvalue weighted by atomic mass is 9.95. The summed E-state index contributed by atoms with van der Waals surface area (Å²) in [6.07, 6.45) is 4.33. The average molecular weight is 388 g/mol. The minimum atomic E-state index is -0.220. The summed E-state index contributed by atoms with van der Waals surface area (Å²) in [4.78, 5) is 16.8. The summed E-state index contributed by atoms with van der Waals surface area (Å²) in [5.41, 5.74) is 5.65. The van der Waals surface area contributed by atoms with E-state index in [1.165, 1.54) is 22.3 Å². The molecule has 0 N–H and O–H groups in total. The average Bonchev–Trinajstić information content (AvgIpc) is 3.25. The second-order valence-corrected chi connectivity index (χ2v) is 7.76. The third-order valence-corrected chi connectivity index (χ3v) is 6.08. The van der Waals surface area contributed by atoms with E-state index in [1.54, 1.807) is 11.1 Å². The van der Waals surface area contributed by atoms with Crippen LogP contribution in [0.15, 0.2) is 60.9 Å². The summed E-state index contributed by atoms with van der Waals surface area (Å²) in [6.45, 7) is 3.44. The lowest BCUT2D eigenvalue weighted by Gasteiger charge is -2.30. The smallest absolute Gasteiger partial charge is 0.256 e. The Bertz CT molecular complexity index is 1050. The molecule has 2 aliphatic heterocycles. The molecule has 0 radical (unpaired) electrons. The van der Waals surface area contributed by atoms with E-state index >= 15 is 0 Å². The van der Waals surface area contributed by atoms with Gasteiger partial charge >= 0.3 is 0 Å². The minimum absolute atomic E-state index is 0.0370. The minimum Gasteiger partial charge on any atom is -0.332 e. The zero-order valence-corrected chi connectivity index (χ0v) is 16.4. The van der Waals surface area contributed by atoms with E-state index in [2.05, 4.69) is 36.3 Å². The second kappa shape index (κ2) is 6.56. The van der Waals surface area contributed by atoms with Gasteiger partial charge < -0.3 is 4.90 Å². The molecule has 1 saturated heterocycles. The van der Waals surface area contributed by atoms with Crippen LogP contribution in [0.4, 0.5) is 5.69 Å². The van der Waals surface area contributed by atoms with Crippen molar-refractivity contribution in [2.45, 2.75) is 32.5 Å². The number of carbonyl (C=O) groups excluding carboxylic acids is 1. The molecule has 1 amide bonds. The molecule has 0 saturated carbocycles. The molecule has 28 heavy (non-hydrogen) atoms. The van der Waals surface area contributed by atoms with E-state index in [4.69, 9.17) is 12.2 Å². The predicted octanol–water partition coefficient (Wildman–Crippen LogP) is 3.30. The van der Waals surface area contributed by atoms with Gasteiger partial charge in [0.25, 0.3) is 5.91 Å². The van der Waals surface area contributed by atoms with E-state index in [0.29, 0.717) is 24.6 Å². The Balaban J connectivity index is 1.41. The van der Waals surface area contributed by atoms with Crippen molar-refractivity contribution in [1.29, 1.82) is 0 Å². The van der Waals surface area contributed by atoms with Gasteiger partial charge in [0.1, 0.15) is 6.04 Å². The number of hydrogen-bond donors (Lipinski definition) is 0. The van der Waals surface area contributed by atoms with Gasteiger partial charge in [-0.15, -0.1) is 0 Å². The summed E-state index contributed by atoms with van der Waals surface area (Å²) in [5, 5.41) is 5.04. The van der Waals surface area contributed by atoms with Gasteiger partial charge in [0, 0.05) is 19.2 Å². The number of carbonyl (C=O) groups is 1. The highest BCUT2D eigenvalue weighted by Gasteiger charge is 2.45. The second-order valence-electron chi connectivity index (χ2n) is 7.40. The maximum absolute atomic E-state index is 13.1. The fourth-order valence-corrected chi connectivity index (χ4v) is 4.46. The molecule has 0 aliphatic carbocycles. The van der Waals surface area contributed by atoms with E-state index in [0.717, 1.165) is 5.69 Å². The molecule has 0 spiro atoms. The van der Waals surface area contributed by atoms with Crippen LogP contribution in [-0.4, -0.2) is 31.7 Å². The number of aromatic nitrogens is 2. The highest BCUT2D eigenvalue weighted by atomic mass is 32.1.